The van der Waals surface area contributed by atoms with Gasteiger partial charge in [0.25, 0.3) is 5.91 Å². The van der Waals surface area contributed by atoms with Crippen LogP contribution in [0.3, 0.4) is 0 Å². The summed E-state index contributed by atoms with van der Waals surface area (Å²) < 4.78 is 0. The normalized spacial score (nSPS) is 20.2. The number of carboxylic acids is 1. The summed E-state index contributed by atoms with van der Waals surface area (Å²) in [5, 5.41) is 16.4. The standard InChI is InChI=1S/C23H25ClN2O4S/c24-16-10-4-13(5-11-16)12-25-21(28)19-17-2-1-3-18(17)31-22(19)26-20(27)14-6-8-15(9-7-14)23(29)30/h4-5,10-11,14-15H,1-3,6-9,12H2,(H,25,28)(H,26,27)(H,29,30). The molecule has 4 rings (SSSR count). The van der Waals surface area contributed by atoms with E-state index in [1.165, 1.54) is 16.2 Å². The number of rotatable bonds is 6. The minimum Gasteiger partial charge on any atom is -0.481 e. The molecular formula is C23H25ClN2O4S. The van der Waals surface area contributed by atoms with E-state index in [0.717, 1.165) is 30.4 Å². The second-order valence-corrected chi connectivity index (χ2v) is 9.79. The van der Waals surface area contributed by atoms with Crippen LogP contribution in [0.2, 0.25) is 5.02 Å². The minimum atomic E-state index is -0.784. The third kappa shape index (κ3) is 4.93. The van der Waals surface area contributed by atoms with Crippen LogP contribution in [-0.2, 0) is 29.0 Å². The lowest BCUT2D eigenvalue weighted by Crippen LogP contribution is -2.30. The van der Waals surface area contributed by atoms with Crippen LogP contribution < -0.4 is 10.6 Å². The fourth-order valence-corrected chi connectivity index (χ4v) is 5.84. The summed E-state index contributed by atoms with van der Waals surface area (Å²) in [4.78, 5) is 38.2. The first kappa shape index (κ1) is 21.8. The summed E-state index contributed by atoms with van der Waals surface area (Å²) in [5.74, 6) is -1.65. The molecule has 0 atom stereocenters. The summed E-state index contributed by atoms with van der Waals surface area (Å²) in [6, 6.07) is 7.32. The van der Waals surface area contributed by atoms with Crippen LogP contribution in [0.4, 0.5) is 5.00 Å². The third-order valence-electron chi connectivity index (χ3n) is 6.20. The number of halogens is 1. The Morgan fingerprint density at radius 1 is 1.03 bits per heavy atom. The van der Waals surface area contributed by atoms with E-state index in [4.69, 9.17) is 16.7 Å². The molecule has 0 saturated heterocycles. The lowest BCUT2D eigenvalue weighted by atomic mass is 9.81. The molecule has 8 heteroatoms. The highest BCUT2D eigenvalue weighted by Gasteiger charge is 2.32. The number of carbonyl (C=O) groups is 3. The van der Waals surface area contributed by atoms with E-state index in [1.54, 1.807) is 12.1 Å². The zero-order valence-electron chi connectivity index (χ0n) is 17.1. The molecule has 6 nitrogen and oxygen atoms in total. The molecule has 0 spiro atoms. The first-order valence-electron chi connectivity index (χ1n) is 10.6. The van der Waals surface area contributed by atoms with E-state index >= 15 is 0 Å². The Kier molecular flexibility index (Phi) is 6.62. The molecule has 0 bridgehead atoms. The molecule has 0 aliphatic heterocycles. The number of fused-ring (bicyclic) bond motifs is 1. The van der Waals surface area contributed by atoms with Gasteiger partial charge >= 0.3 is 5.97 Å². The Labute approximate surface area is 190 Å². The van der Waals surface area contributed by atoms with Crippen molar-refractivity contribution in [3.8, 4) is 0 Å². The summed E-state index contributed by atoms with van der Waals surface area (Å²) in [7, 11) is 0. The summed E-state index contributed by atoms with van der Waals surface area (Å²) >= 11 is 7.41. The number of hydrogen-bond acceptors (Lipinski definition) is 4. The quantitative estimate of drug-likeness (QED) is 0.584. The molecule has 164 valence electrons. The number of amides is 2. The van der Waals surface area contributed by atoms with Crippen LogP contribution >= 0.6 is 22.9 Å². The van der Waals surface area contributed by atoms with Gasteiger partial charge in [0, 0.05) is 22.4 Å². The number of carbonyl (C=O) groups excluding carboxylic acids is 2. The first-order chi connectivity index (χ1) is 14.9. The molecule has 1 aromatic heterocycles. The van der Waals surface area contributed by atoms with E-state index in [0.29, 0.717) is 47.8 Å². The fraction of sp³-hybridized carbons (Fsp3) is 0.435. The van der Waals surface area contributed by atoms with Crippen molar-refractivity contribution < 1.29 is 19.5 Å². The second-order valence-electron chi connectivity index (χ2n) is 8.25. The molecule has 2 aliphatic rings. The van der Waals surface area contributed by atoms with Crippen molar-refractivity contribution in [3.63, 3.8) is 0 Å². The average molecular weight is 461 g/mol. The predicted octanol–water partition coefficient (Wildman–Crippen LogP) is 4.65. The maximum atomic E-state index is 13.1. The van der Waals surface area contributed by atoms with Crippen LogP contribution in [-0.4, -0.2) is 22.9 Å². The maximum Gasteiger partial charge on any atom is 0.306 e. The molecule has 2 aliphatic carbocycles. The van der Waals surface area contributed by atoms with E-state index in [2.05, 4.69) is 10.6 Å². The molecule has 1 saturated carbocycles. The Hall–Kier alpha value is -2.38. The molecule has 2 amide bonds. The summed E-state index contributed by atoms with van der Waals surface area (Å²) in [5.41, 5.74) is 2.58. The van der Waals surface area contributed by atoms with Crippen LogP contribution in [0.5, 0.6) is 0 Å². The topological polar surface area (TPSA) is 95.5 Å². The van der Waals surface area contributed by atoms with Gasteiger partial charge < -0.3 is 15.7 Å². The summed E-state index contributed by atoms with van der Waals surface area (Å²) in [6.07, 6.45) is 4.95. The fourth-order valence-electron chi connectivity index (χ4n) is 4.42. The van der Waals surface area contributed by atoms with Crippen LogP contribution in [0.25, 0.3) is 0 Å². The third-order valence-corrected chi connectivity index (χ3v) is 7.66. The molecule has 1 heterocycles. The Morgan fingerprint density at radius 3 is 2.39 bits per heavy atom. The summed E-state index contributed by atoms with van der Waals surface area (Å²) in [6.45, 7) is 0.382. The number of thiophene rings is 1. The lowest BCUT2D eigenvalue weighted by molar-refractivity contribution is -0.143. The Morgan fingerprint density at radius 2 is 1.71 bits per heavy atom. The number of anilines is 1. The van der Waals surface area contributed by atoms with Gasteiger partial charge in [0.2, 0.25) is 5.91 Å². The molecule has 31 heavy (non-hydrogen) atoms. The van der Waals surface area contributed by atoms with Gasteiger partial charge in [-0.25, -0.2) is 0 Å². The zero-order chi connectivity index (χ0) is 22.0. The van der Waals surface area contributed by atoms with Gasteiger partial charge in [0.1, 0.15) is 5.00 Å². The largest absolute Gasteiger partial charge is 0.481 e. The van der Waals surface area contributed by atoms with Crippen LogP contribution in [0.1, 0.15) is 58.5 Å². The lowest BCUT2D eigenvalue weighted by Gasteiger charge is -2.25. The average Bonchev–Trinajstić information content (AvgIpc) is 3.34. The smallest absolute Gasteiger partial charge is 0.306 e. The molecule has 0 unspecified atom stereocenters. The van der Waals surface area contributed by atoms with Gasteiger partial charge in [-0.3, -0.25) is 14.4 Å². The first-order valence-corrected chi connectivity index (χ1v) is 11.8. The van der Waals surface area contributed by atoms with Gasteiger partial charge in [-0.05, 0) is 68.2 Å². The van der Waals surface area contributed by atoms with Crippen LogP contribution in [0, 0.1) is 11.8 Å². The van der Waals surface area contributed by atoms with E-state index < -0.39 is 5.97 Å². The van der Waals surface area contributed by atoms with Gasteiger partial charge in [-0.15, -0.1) is 11.3 Å². The number of aryl methyl sites for hydroxylation is 1. The van der Waals surface area contributed by atoms with Gasteiger partial charge in [0.15, 0.2) is 0 Å². The van der Waals surface area contributed by atoms with Crippen LogP contribution in [0.15, 0.2) is 24.3 Å². The number of hydrogen-bond donors (Lipinski definition) is 3. The number of carboxylic acid groups (broad SMARTS) is 1. The van der Waals surface area contributed by atoms with Crippen molar-refractivity contribution in [2.75, 3.05) is 5.32 Å². The molecule has 3 N–H and O–H groups in total. The van der Waals surface area contributed by atoms with Crippen molar-refractivity contribution >= 4 is 45.7 Å². The number of aliphatic carboxylic acids is 1. The Balaban J connectivity index is 1.45. The van der Waals surface area contributed by atoms with Gasteiger partial charge in [0.05, 0.1) is 11.5 Å². The van der Waals surface area contributed by atoms with Crippen molar-refractivity contribution in [1.29, 1.82) is 0 Å². The van der Waals surface area contributed by atoms with Crippen molar-refractivity contribution in [2.45, 2.75) is 51.5 Å². The van der Waals surface area contributed by atoms with E-state index in [1.807, 2.05) is 12.1 Å². The van der Waals surface area contributed by atoms with Crippen molar-refractivity contribution in [1.82, 2.24) is 5.32 Å². The van der Waals surface area contributed by atoms with E-state index in [-0.39, 0.29) is 23.7 Å². The SMILES string of the molecule is O=C(NCc1ccc(Cl)cc1)c1c(NC(=O)C2CCC(C(=O)O)CC2)sc2c1CCC2. The highest BCUT2D eigenvalue weighted by molar-refractivity contribution is 7.17. The molecule has 1 fully saturated rings. The maximum absolute atomic E-state index is 13.1. The van der Waals surface area contributed by atoms with Gasteiger partial charge in [-0.2, -0.15) is 0 Å². The van der Waals surface area contributed by atoms with Gasteiger partial charge in [-0.1, -0.05) is 23.7 Å². The van der Waals surface area contributed by atoms with Crippen molar-refractivity contribution in [2.24, 2.45) is 11.8 Å². The minimum absolute atomic E-state index is 0.115. The van der Waals surface area contributed by atoms with E-state index in [9.17, 15) is 14.4 Å². The molecule has 1 aromatic carbocycles. The monoisotopic (exact) mass is 460 g/mol. The molecule has 0 radical (unpaired) electrons. The Bertz CT molecular complexity index is 994. The molecular weight excluding hydrogens is 436 g/mol. The predicted molar refractivity (Wildman–Crippen MR) is 121 cm³/mol. The zero-order valence-corrected chi connectivity index (χ0v) is 18.7. The van der Waals surface area contributed by atoms with Crippen molar-refractivity contribution in [3.05, 3.63) is 50.9 Å². The second kappa shape index (κ2) is 9.40. The number of benzene rings is 1. The molecule has 2 aromatic rings. The highest BCUT2D eigenvalue weighted by Crippen LogP contribution is 2.40. The highest BCUT2D eigenvalue weighted by atomic mass is 35.5. The number of nitrogens with one attached hydrogen (secondary N) is 2.